The van der Waals surface area contributed by atoms with Gasteiger partial charge in [-0.05, 0) is 39.0 Å². The number of phenols is 1. The summed E-state index contributed by atoms with van der Waals surface area (Å²) < 4.78 is 0.690. The van der Waals surface area contributed by atoms with Crippen LogP contribution in [0, 0.1) is 5.41 Å². The van der Waals surface area contributed by atoms with Gasteiger partial charge in [0, 0.05) is 6.04 Å². The van der Waals surface area contributed by atoms with E-state index in [-0.39, 0.29) is 29.6 Å². The van der Waals surface area contributed by atoms with E-state index in [0.29, 0.717) is 4.47 Å². The van der Waals surface area contributed by atoms with Gasteiger partial charge in [0.1, 0.15) is 5.75 Å². The van der Waals surface area contributed by atoms with Gasteiger partial charge in [0.2, 0.25) is 0 Å². The van der Waals surface area contributed by atoms with Gasteiger partial charge in [-0.2, -0.15) is 0 Å². The third kappa shape index (κ3) is 3.67. The van der Waals surface area contributed by atoms with E-state index in [9.17, 15) is 5.11 Å². The molecule has 15 heavy (non-hydrogen) atoms. The molecular formula is C11H17BrClNO. The maximum absolute atomic E-state index is 9.34. The van der Waals surface area contributed by atoms with Crippen molar-refractivity contribution in [1.82, 2.24) is 0 Å². The molecule has 4 heteroatoms. The average Bonchev–Trinajstić information content (AvgIpc) is 2.07. The summed E-state index contributed by atoms with van der Waals surface area (Å²) in [7, 11) is 0. The predicted octanol–water partition coefficient (Wildman–Crippen LogP) is 3.62. The molecule has 0 saturated carbocycles. The molecule has 86 valence electrons. The number of aromatic hydroxyl groups is 1. The number of hydrogen-bond donors (Lipinski definition) is 2. The van der Waals surface area contributed by atoms with Gasteiger partial charge in [0.15, 0.2) is 0 Å². The van der Waals surface area contributed by atoms with Crippen molar-refractivity contribution in [2.45, 2.75) is 26.8 Å². The Balaban J connectivity index is 0.00000196. The van der Waals surface area contributed by atoms with Gasteiger partial charge in [0.25, 0.3) is 0 Å². The predicted molar refractivity (Wildman–Crippen MR) is 69.4 cm³/mol. The van der Waals surface area contributed by atoms with E-state index in [1.807, 2.05) is 12.1 Å². The van der Waals surface area contributed by atoms with Crippen LogP contribution in [0.15, 0.2) is 22.7 Å². The maximum atomic E-state index is 9.34. The normalized spacial score (nSPS) is 13.1. The number of rotatable bonds is 1. The number of benzene rings is 1. The first-order valence-corrected chi connectivity index (χ1v) is 5.35. The molecule has 0 amide bonds. The van der Waals surface area contributed by atoms with Crippen molar-refractivity contribution >= 4 is 28.3 Å². The number of hydrogen-bond acceptors (Lipinski definition) is 2. The van der Waals surface area contributed by atoms with Crippen molar-refractivity contribution in [1.29, 1.82) is 0 Å². The molecule has 1 aromatic carbocycles. The summed E-state index contributed by atoms with van der Waals surface area (Å²) in [6.07, 6.45) is 0. The molecule has 3 N–H and O–H groups in total. The smallest absolute Gasteiger partial charge is 0.129 e. The van der Waals surface area contributed by atoms with Crippen LogP contribution in [0.2, 0.25) is 0 Å². The molecular weight excluding hydrogens is 277 g/mol. The monoisotopic (exact) mass is 293 g/mol. The highest BCUT2D eigenvalue weighted by Gasteiger charge is 2.22. The Bertz CT molecular complexity index is 336. The van der Waals surface area contributed by atoms with Crippen molar-refractivity contribution in [2.24, 2.45) is 11.1 Å². The molecule has 1 atom stereocenters. The standard InChI is InChI=1S/C11H16BrNO.ClH/c1-11(2,3)10(13)7-4-5-9(14)8(12)6-7;/h4-6,10,14H,13H2,1-3H3;1H/t10-;/m1./s1. The molecule has 0 aromatic heterocycles. The SMILES string of the molecule is CC(C)(C)[C@H](N)c1ccc(O)c(Br)c1.Cl. The van der Waals surface area contributed by atoms with Crippen molar-refractivity contribution in [3.63, 3.8) is 0 Å². The topological polar surface area (TPSA) is 46.2 Å². The lowest BCUT2D eigenvalue weighted by Crippen LogP contribution is -2.26. The molecule has 1 rings (SSSR count). The van der Waals surface area contributed by atoms with Gasteiger partial charge >= 0.3 is 0 Å². The Morgan fingerprint density at radius 1 is 1.33 bits per heavy atom. The van der Waals surface area contributed by atoms with Crippen LogP contribution in [-0.2, 0) is 0 Å². The largest absolute Gasteiger partial charge is 0.507 e. The molecule has 0 heterocycles. The van der Waals surface area contributed by atoms with Gasteiger partial charge in [-0.25, -0.2) is 0 Å². The van der Waals surface area contributed by atoms with Crippen LogP contribution in [-0.4, -0.2) is 5.11 Å². The van der Waals surface area contributed by atoms with E-state index in [4.69, 9.17) is 5.73 Å². The minimum absolute atomic E-state index is 0. The number of halogens is 2. The van der Waals surface area contributed by atoms with Crippen molar-refractivity contribution in [2.75, 3.05) is 0 Å². The zero-order valence-corrected chi connectivity index (χ0v) is 11.5. The quantitative estimate of drug-likeness (QED) is 0.831. The highest BCUT2D eigenvalue weighted by atomic mass is 79.9. The summed E-state index contributed by atoms with van der Waals surface area (Å²) in [6, 6.07) is 5.35. The molecule has 0 aliphatic rings. The molecule has 2 nitrogen and oxygen atoms in total. The molecule has 1 aromatic rings. The Morgan fingerprint density at radius 3 is 2.27 bits per heavy atom. The zero-order valence-electron chi connectivity index (χ0n) is 9.12. The highest BCUT2D eigenvalue weighted by molar-refractivity contribution is 9.10. The van der Waals surface area contributed by atoms with E-state index in [2.05, 4.69) is 36.7 Å². The molecule has 0 saturated heterocycles. The van der Waals surface area contributed by atoms with Gasteiger partial charge in [0.05, 0.1) is 4.47 Å². The second-order valence-corrected chi connectivity index (χ2v) is 5.41. The fourth-order valence-electron chi connectivity index (χ4n) is 1.22. The molecule has 0 aliphatic carbocycles. The Labute approximate surface area is 105 Å². The van der Waals surface area contributed by atoms with Crippen molar-refractivity contribution < 1.29 is 5.11 Å². The molecule has 0 spiro atoms. The third-order valence-corrected chi connectivity index (χ3v) is 2.90. The Kier molecular flexibility index (Phi) is 5.10. The number of nitrogens with two attached hydrogens (primary N) is 1. The van der Waals surface area contributed by atoms with E-state index >= 15 is 0 Å². The second kappa shape index (κ2) is 5.19. The van der Waals surface area contributed by atoms with Gasteiger partial charge < -0.3 is 10.8 Å². The fraction of sp³-hybridized carbons (Fsp3) is 0.455. The lowest BCUT2D eigenvalue weighted by Gasteiger charge is -2.27. The van der Waals surface area contributed by atoms with Crippen LogP contribution in [0.25, 0.3) is 0 Å². The summed E-state index contributed by atoms with van der Waals surface area (Å²) in [6.45, 7) is 6.29. The molecule has 0 aliphatic heterocycles. The van der Waals surface area contributed by atoms with Crippen LogP contribution in [0.4, 0.5) is 0 Å². The van der Waals surface area contributed by atoms with Crippen LogP contribution in [0.5, 0.6) is 5.75 Å². The molecule has 0 fully saturated rings. The lowest BCUT2D eigenvalue weighted by atomic mass is 9.83. The summed E-state index contributed by atoms with van der Waals surface area (Å²) in [5.41, 5.74) is 7.14. The molecule has 0 radical (unpaired) electrons. The number of phenolic OH excluding ortho intramolecular Hbond substituents is 1. The van der Waals surface area contributed by atoms with Crippen LogP contribution >= 0.6 is 28.3 Å². The average molecular weight is 295 g/mol. The first-order chi connectivity index (χ1) is 6.32. The molecule has 0 unspecified atom stereocenters. The third-order valence-electron chi connectivity index (χ3n) is 2.26. The second-order valence-electron chi connectivity index (χ2n) is 4.55. The summed E-state index contributed by atoms with van der Waals surface area (Å²) in [5.74, 6) is 0.245. The van der Waals surface area contributed by atoms with Crippen molar-refractivity contribution in [3.8, 4) is 5.75 Å². The van der Waals surface area contributed by atoms with Crippen LogP contribution in [0.3, 0.4) is 0 Å². The van der Waals surface area contributed by atoms with E-state index in [1.54, 1.807) is 6.07 Å². The highest BCUT2D eigenvalue weighted by Crippen LogP contribution is 2.33. The first-order valence-electron chi connectivity index (χ1n) is 4.56. The minimum atomic E-state index is -0.0283. The summed E-state index contributed by atoms with van der Waals surface area (Å²) in [5, 5.41) is 9.34. The van der Waals surface area contributed by atoms with Crippen molar-refractivity contribution in [3.05, 3.63) is 28.2 Å². The zero-order chi connectivity index (χ0) is 10.9. The molecule has 0 bridgehead atoms. The summed E-state index contributed by atoms with van der Waals surface area (Å²) in [4.78, 5) is 0. The minimum Gasteiger partial charge on any atom is -0.507 e. The van der Waals surface area contributed by atoms with Crippen LogP contribution < -0.4 is 5.73 Å². The van der Waals surface area contributed by atoms with Gasteiger partial charge in [-0.1, -0.05) is 26.8 Å². The van der Waals surface area contributed by atoms with E-state index in [0.717, 1.165) is 5.56 Å². The van der Waals surface area contributed by atoms with E-state index in [1.165, 1.54) is 0 Å². The fourth-order valence-corrected chi connectivity index (χ4v) is 1.61. The van der Waals surface area contributed by atoms with Gasteiger partial charge in [-0.15, -0.1) is 12.4 Å². The van der Waals surface area contributed by atoms with Gasteiger partial charge in [-0.3, -0.25) is 0 Å². The maximum Gasteiger partial charge on any atom is 0.129 e. The summed E-state index contributed by atoms with van der Waals surface area (Å²) >= 11 is 3.28. The van der Waals surface area contributed by atoms with E-state index < -0.39 is 0 Å². The Morgan fingerprint density at radius 2 is 1.87 bits per heavy atom. The Hall–Kier alpha value is -0.250. The van der Waals surface area contributed by atoms with Crippen LogP contribution in [0.1, 0.15) is 32.4 Å². The lowest BCUT2D eigenvalue weighted by molar-refractivity contribution is 0.326. The first kappa shape index (κ1) is 14.8.